The molecule has 0 amide bonds. The Bertz CT molecular complexity index is 593. The summed E-state index contributed by atoms with van der Waals surface area (Å²) in [6.45, 7) is 3.20. The third-order valence-corrected chi connectivity index (χ3v) is 3.69. The van der Waals surface area contributed by atoms with Crippen LogP contribution in [-0.4, -0.2) is 49.0 Å². The number of nitrogens with zero attached hydrogens (tertiary/aromatic N) is 3. The Kier molecular flexibility index (Phi) is 3.98. The molecular formula is C14H18ClN3O2. The summed E-state index contributed by atoms with van der Waals surface area (Å²) in [6, 6.07) is 5.99. The summed E-state index contributed by atoms with van der Waals surface area (Å²) in [5, 5.41) is 2.26. The van der Waals surface area contributed by atoms with Crippen molar-refractivity contribution in [2.24, 2.45) is 0 Å². The Balaban J connectivity index is 2.13. The first kappa shape index (κ1) is 13.5. The highest BCUT2D eigenvalue weighted by atomic mass is 35.5. The van der Waals surface area contributed by atoms with Crippen molar-refractivity contribution in [2.45, 2.75) is 6.42 Å². The number of alkyl halides is 1. The molecular weight excluding hydrogens is 278 g/mol. The van der Waals surface area contributed by atoms with Crippen molar-refractivity contribution in [2.75, 3.05) is 44.3 Å². The summed E-state index contributed by atoms with van der Waals surface area (Å²) < 4.78 is 13.0. The summed E-state index contributed by atoms with van der Waals surface area (Å²) in [5.74, 6) is 2.32. The number of morpholine rings is 1. The molecule has 0 aliphatic carbocycles. The number of fused-ring (bicyclic) bond motifs is 1. The maximum absolute atomic E-state index is 5.92. The molecule has 0 bridgehead atoms. The zero-order chi connectivity index (χ0) is 13.9. The van der Waals surface area contributed by atoms with Gasteiger partial charge in [-0.3, -0.25) is 0 Å². The molecule has 0 N–H and O–H groups in total. The molecule has 1 saturated heterocycles. The number of rotatable bonds is 4. The Morgan fingerprint density at radius 2 is 2.15 bits per heavy atom. The zero-order valence-electron chi connectivity index (χ0n) is 11.5. The normalized spacial score (nSPS) is 15.8. The van der Waals surface area contributed by atoms with Gasteiger partial charge in [-0.05, 0) is 12.1 Å². The van der Waals surface area contributed by atoms with Crippen LogP contribution in [0.1, 0.15) is 5.82 Å². The maximum atomic E-state index is 5.92. The third-order valence-electron chi connectivity index (χ3n) is 3.50. The fourth-order valence-electron chi connectivity index (χ4n) is 2.59. The topological polar surface area (TPSA) is 39.5 Å². The minimum absolute atomic E-state index is 0.552. The molecule has 1 aromatic carbocycles. The van der Waals surface area contributed by atoms with Gasteiger partial charge in [0.05, 0.1) is 38.9 Å². The first-order valence-electron chi connectivity index (χ1n) is 6.78. The van der Waals surface area contributed by atoms with E-state index in [0.29, 0.717) is 5.88 Å². The molecule has 0 saturated carbocycles. The van der Waals surface area contributed by atoms with Gasteiger partial charge in [0.2, 0.25) is 0 Å². The molecule has 6 heteroatoms. The zero-order valence-corrected chi connectivity index (χ0v) is 12.3. The van der Waals surface area contributed by atoms with Gasteiger partial charge in [-0.1, -0.05) is 6.07 Å². The number of ether oxygens (including phenoxy) is 2. The number of aromatic nitrogens is 2. The van der Waals surface area contributed by atoms with Crippen LogP contribution in [0.5, 0.6) is 5.75 Å². The summed E-state index contributed by atoms with van der Waals surface area (Å²) in [7, 11) is 1.67. The molecule has 0 spiro atoms. The fraction of sp³-hybridized carbons (Fsp3) is 0.500. The van der Waals surface area contributed by atoms with Crippen LogP contribution in [0, 0.1) is 0 Å². The van der Waals surface area contributed by atoms with Crippen LogP contribution in [0.4, 0.5) is 0 Å². The van der Waals surface area contributed by atoms with Crippen molar-refractivity contribution < 1.29 is 9.47 Å². The highest BCUT2D eigenvalue weighted by Crippen LogP contribution is 2.26. The largest absolute Gasteiger partial charge is 0.494 e. The number of halogens is 1. The van der Waals surface area contributed by atoms with Crippen LogP contribution in [-0.2, 0) is 11.2 Å². The molecule has 2 aromatic rings. The first-order chi connectivity index (χ1) is 9.85. The van der Waals surface area contributed by atoms with E-state index in [1.54, 1.807) is 7.11 Å². The number of para-hydroxylation sites is 1. The van der Waals surface area contributed by atoms with Crippen molar-refractivity contribution >= 4 is 22.6 Å². The van der Waals surface area contributed by atoms with Gasteiger partial charge >= 0.3 is 0 Å². The molecule has 2 heterocycles. The van der Waals surface area contributed by atoms with E-state index in [2.05, 4.69) is 15.8 Å². The highest BCUT2D eigenvalue weighted by molar-refractivity contribution is 6.17. The molecule has 5 nitrogen and oxygen atoms in total. The number of imidazole rings is 1. The fourth-order valence-corrected chi connectivity index (χ4v) is 2.76. The second-order valence-electron chi connectivity index (χ2n) is 4.67. The molecule has 1 aliphatic rings. The number of aryl methyl sites for hydroxylation is 1. The van der Waals surface area contributed by atoms with E-state index in [1.165, 1.54) is 0 Å². The van der Waals surface area contributed by atoms with E-state index < -0.39 is 0 Å². The van der Waals surface area contributed by atoms with Crippen molar-refractivity contribution in [3.63, 3.8) is 0 Å². The second-order valence-corrected chi connectivity index (χ2v) is 5.05. The van der Waals surface area contributed by atoms with Crippen LogP contribution < -0.4 is 9.75 Å². The molecule has 108 valence electrons. The van der Waals surface area contributed by atoms with E-state index in [0.717, 1.165) is 55.3 Å². The van der Waals surface area contributed by atoms with E-state index in [-0.39, 0.29) is 0 Å². The molecule has 20 heavy (non-hydrogen) atoms. The summed E-state index contributed by atoms with van der Waals surface area (Å²) >= 11 is 5.92. The summed E-state index contributed by atoms with van der Waals surface area (Å²) in [6.07, 6.45) is 0.733. The van der Waals surface area contributed by atoms with Crippen LogP contribution in [0.3, 0.4) is 0 Å². The van der Waals surface area contributed by atoms with Gasteiger partial charge in [0.25, 0.3) is 0 Å². The average molecular weight is 296 g/mol. The molecule has 3 rings (SSSR count). The average Bonchev–Trinajstić information content (AvgIpc) is 2.86. The van der Waals surface area contributed by atoms with Gasteiger partial charge in [0, 0.05) is 12.3 Å². The van der Waals surface area contributed by atoms with Crippen LogP contribution in [0.15, 0.2) is 18.2 Å². The number of hydrogen-bond acceptors (Lipinski definition) is 4. The monoisotopic (exact) mass is 295 g/mol. The number of benzene rings is 1. The van der Waals surface area contributed by atoms with Crippen LogP contribution in [0.25, 0.3) is 11.0 Å². The standard InChI is InChI=1S/C14H18ClN3O2/c1-19-12-4-2-3-11-14(12)16-13(5-6-15)18(11)17-7-9-20-10-8-17/h2-4H,5-10H2,1H3. The molecule has 0 radical (unpaired) electrons. The predicted molar refractivity (Wildman–Crippen MR) is 79.5 cm³/mol. The van der Waals surface area contributed by atoms with Crippen molar-refractivity contribution in [3.05, 3.63) is 24.0 Å². The summed E-state index contributed by atoms with van der Waals surface area (Å²) in [5.41, 5.74) is 1.95. The Labute approximate surface area is 123 Å². The van der Waals surface area contributed by atoms with Crippen molar-refractivity contribution in [1.29, 1.82) is 0 Å². The summed E-state index contributed by atoms with van der Waals surface area (Å²) in [4.78, 5) is 4.72. The highest BCUT2D eigenvalue weighted by Gasteiger charge is 2.20. The first-order valence-corrected chi connectivity index (χ1v) is 7.32. The van der Waals surface area contributed by atoms with Gasteiger partial charge in [-0.25, -0.2) is 9.66 Å². The van der Waals surface area contributed by atoms with Gasteiger partial charge in [-0.2, -0.15) is 0 Å². The lowest BCUT2D eigenvalue weighted by Crippen LogP contribution is -2.44. The van der Waals surface area contributed by atoms with Gasteiger partial charge < -0.3 is 14.5 Å². The third kappa shape index (κ3) is 2.31. The molecule has 1 aromatic heterocycles. The Morgan fingerprint density at radius 1 is 1.35 bits per heavy atom. The van der Waals surface area contributed by atoms with E-state index in [1.807, 2.05) is 12.1 Å². The predicted octanol–water partition coefficient (Wildman–Crippen LogP) is 1.79. The minimum Gasteiger partial charge on any atom is -0.494 e. The maximum Gasteiger partial charge on any atom is 0.146 e. The van der Waals surface area contributed by atoms with Gasteiger partial charge in [-0.15, -0.1) is 11.6 Å². The lowest BCUT2D eigenvalue weighted by atomic mass is 10.3. The van der Waals surface area contributed by atoms with E-state index in [4.69, 9.17) is 26.1 Å². The second kappa shape index (κ2) is 5.89. The Morgan fingerprint density at radius 3 is 2.85 bits per heavy atom. The lowest BCUT2D eigenvalue weighted by Gasteiger charge is -2.31. The number of methoxy groups -OCH3 is 1. The van der Waals surface area contributed by atoms with Gasteiger partial charge in [0.1, 0.15) is 17.1 Å². The van der Waals surface area contributed by atoms with Crippen molar-refractivity contribution in [3.8, 4) is 5.75 Å². The molecule has 1 fully saturated rings. The molecule has 0 unspecified atom stereocenters. The van der Waals surface area contributed by atoms with Crippen molar-refractivity contribution in [1.82, 2.24) is 9.66 Å². The van der Waals surface area contributed by atoms with E-state index >= 15 is 0 Å². The molecule has 0 atom stereocenters. The minimum atomic E-state index is 0.552. The van der Waals surface area contributed by atoms with Crippen LogP contribution >= 0.6 is 11.6 Å². The quantitative estimate of drug-likeness (QED) is 0.806. The Hall–Kier alpha value is -1.46. The SMILES string of the molecule is COc1cccc2c1nc(CCCl)n2N1CCOCC1. The smallest absolute Gasteiger partial charge is 0.146 e. The van der Waals surface area contributed by atoms with E-state index in [9.17, 15) is 0 Å². The van der Waals surface area contributed by atoms with Gasteiger partial charge in [0.15, 0.2) is 0 Å². The number of hydrogen-bond donors (Lipinski definition) is 0. The van der Waals surface area contributed by atoms with Crippen LogP contribution in [0.2, 0.25) is 0 Å². The lowest BCUT2D eigenvalue weighted by molar-refractivity contribution is 0.111. The molecule has 1 aliphatic heterocycles.